The highest BCUT2D eigenvalue weighted by atomic mass is 16.3. The molecule has 2 heteroatoms. The van der Waals surface area contributed by atoms with Crippen LogP contribution in [0.4, 0.5) is 0 Å². The van der Waals surface area contributed by atoms with E-state index in [1.165, 1.54) is 23.9 Å². The third kappa shape index (κ3) is 1.77. The number of furan rings is 1. The average molecular weight is 200 g/mol. The van der Waals surface area contributed by atoms with Gasteiger partial charge in [0, 0.05) is 18.5 Å². The molecule has 1 saturated heterocycles. The van der Waals surface area contributed by atoms with Gasteiger partial charge in [-0.05, 0) is 43.1 Å². The van der Waals surface area contributed by atoms with Crippen LogP contribution in [0.2, 0.25) is 0 Å². The highest BCUT2D eigenvalue weighted by Gasteiger charge is 2.12. The number of fused-ring (bicyclic) bond motifs is 1. The van der Waals surface area contributed by atoms with E-state index >= 15 is 0 Å². The molecule has 3 rings (SSSR count). The molecule has 1 aromatic carbocycles. The normalized spacial score (nSPS) is 17.6. The van der Waals surface area contributed by atoms with E-state index in [1.54, 1.807) is 6.26 Å². The van der Waals surface area contributed by atoms with E-state index in [2.05, 4.69) is 29.5 Å². The van der Waals surface area contributed by atoms with Gasteiger partial charge in [0.2, 0.25) is 0 Å². The first kappa shape index (κ1) is 8.98. The maximum Gasteiger partial charge on any atom is 0.133 e. The van der Waals surface area contributed by atoms with Gasteiger partial charge >= 0.3 is 0 Å². The van der Waals surface area contributed by atoms with Crippen LogP contribution in [-0.2, 0) is 6.54 Å². The number of likely N-dealkylation sites (tertiary alicyclic amines) is 1. The molecule has 77 valence electrons. The Hall–Kier alpha value is -1.28. The molecule has 2 nitrogen and oxygen atoms in total. The molecule has 2 heterocycles. The van der Waals surface area contributed by atoms with Crippen LogP contribution in [0, 0.1) is 6.42 Å². The summed E-state index contributed by atoms with van der Waals surface area (Å²) in [5, 5.41) is 1.20. The van der Waals surface area contributed by atoms with E-state index in [9.17, 15) is 0 Å². The van der Waals surface area contributed by atoms with Crippen molar-refractivity contribution in [1.29, 1.82) is 0 Å². The first-order chi connectivity index (χ1) is 7.42. The Morgan fingerprint density at radius 2 is 2.27 bits per heavy atom. The molecule has 0 N–H and O–H groups in total. The summed E-state index contributed by atoms with van der Waals surface area (Å²) in [6.07, 6.45) is 5.32. The number of hydrogen-bond acceptors (Lipinski definition) is 2. The van der Waals surface area contributed by atoms with Crippen LogP contribution in [0.25, 0.3) is 11.0 Å². The number of rotatable bonds is 2. The van der Waals surface area contributed by atoms with E-state index in [4.69, 9.17) is 4.42 Å². The fourth-order valence-electron chi connectivity index (χ4n) is 2.16. The zero-order chi connectivity index (χ0) is 10.1. The third-order valence-corrected chi connectivity index (χ3v) is 2.96. The van der Waals surface area contributed by atoms with Crippen molar-refractivity contribution in [3.8, 4) is 0 Å². The molecule has 0 spiro atoms. The van der Waals surface area contributed by atoms with Crippen molar-refractivity contribution in [3.63, 3.8) is 0 Å². The van der Waals surface area contributed by atoms with Crippen LogP contribution >= 0.6 is 0 Å². The Labute approximate surface area is 89.5 Å². The first-order valence-corrected chi connectivity index (χ1v) is 5.42. The van der Waals surface area contributed by atoms with Crippen molar-refractivity contribution in [2.45, 2.75) is 13.0 Å². The molecule has 0 atom stereocenters. The second kappa shape index (κ2) is 3.70. The molecular weight excluding hydrogens is 186 g/mol. The monoisotopic (exact) mass is 200 g/mol. The summed E-state index contributed by atoms with van der Waals surface area (Å²) in [7, 11) is 0. The van der Waals surface area contributed by atoms with Crippen LogP contribution in [-0.4, -0.2) is 18.0 Å². The van der Waals surface area contributed by atoms with Gasteiger partial charge in [-0.3, -0.25) is 4.90 Å². The lowest BCUT2D eigenvalue weighted by molar-refractivity contribution is 0.337. The van der Waals surface area contributed by atoms with Crippen molar-refractivity contribution in [3.05, 3.63) is 42.5 Å². The van der Waals surface area contributed by atoms with Crippen molar-refractivity contribution in [1.82, 2.24) is 4.90 Å². The minimum atomic E-state index is 0.978. The predicted molar refractivity (Wildman–Crippen MR) is 60.4 cm³/mol. The van der Waals surface area contributed by atoms with Gasteiger partial charge in [0.1, 0.15) is 5.58 Å². The van der Waals surface area contributed by atoms with Crippen molar-refractivity contribution in [2.24, 2.45) is 0 Å². The summed E-state index contributed by atoms with van der Waals surface area (Å²) < 4.78 is 5.32. The van der Waals surface area contributed by atoms with Crippen LogP contribution in [0.3, 0.4) is 0 Å². The lowest BCUT2D eigenvalue weighted by Gasteiger charge is -2.14. The fraction of sp³-hybridized carbons (Fsp3) is 0.308. The van der Waals surface area contributed by atoms with Gasteiger partial charge in [-0.2, -0.15) is 0 Å². The number of hydrogen-bond donors (Lipinski definition) is 0. The smallest absolute Gasteiger partial charge is 0.133 e. The van der Waals surface area contributed by atoms with Gasteiger partial charge in [0.15, 0.2) is 0 Å². The Morgan fingerprint density at radius 1 is 1.27 bits per heavy atom. The first-order valence-electron chi connectivity index (χ1n) is 5.42. The molecule has 1 fully saturated rings. The Balaban J connectivity index is 1.84. The van der Waals surface area contributed by atoms with Gasteiger partial charge in [-0.15, -0.1) is 0 Å². The molecule has 1 aliphatic rings. The zero-order valence-corrected chi connectivity index (χ0v) is 8.65. The van der Waals surface area contributed by atoms with Crippen LogP contribution in [0.15, 0.2) is 34.9 Å². The lowest BCUT2D eigenvalue weighted by Crippen LogP contribution is -2.18. The second-order valence-electron chi connectivity index (χ2n) is 4.11. The Kier molecular flexibility index (Phi) is 2.22. The van der Waals surface area contributed by atoms with Gasteiger partial charge < -0.3 is 4.42 Å². The SMILES string of the molecule is [CH]1CCN(Cc2ccc3occc3c2)C1. The average Bonchev–Trinajstić information content (AvgIpc) is 2.87. The maximum absolute atomic E-state index is 5.32. The summed E-state index contributed by atoms with van der Waals surface area (Å²) in [6.45, 7) is 3.38. The molecule has 1 aromatic heterocycles. The summed E-state index contributed by atoms with van der Waals surface area (Å²) >= 11 is 0. The number of benzene rings is 1. The van der Waals surface area contributed by atoms with Crippen molar-refractivity contribution in [2.75, 3.05) is 13.1 Å². The van der Waals surface area contributed by atoms with E-state index < -0.39 is 0 Å². The molecule has 2 aromatic rings. The van der Waals surface area contributed by atoms with Gasteiger partial charge in [0.05, 0.1) is 6.26 Å². The Morgan fingerprint density at radius 3 is 3.13 bits per heavy atom. The van der Waals surface area contributed by atoms with E-state index in [-0.39, 0.29) is 0 Å². The third-order valence-electron chi connectivity index (χ3n) is 2.96. The van der Waals surface area contributed by atoms with E-state index in [0.29, 0.717) is 0 Å². The highest BCUT2D eigenvalue weighted by Crippen LogP contribution is 2.19. The Bertz CT molecular complexity index is 454. The topological polar surface area (TPSA) is 16.4 Å². The predicted octanol–water partition coefficient (Wildman–Crippen LogP) is 2.84. The number of nitrogens with zero attached hydrogens (tertiary/aromatic N) is 1. The molecular formula is C13H14NO. The largest absolute Gasteiger partial charge is 0.464 e. The van der Waals surface area contributed by atoms with Crippen molar-refractivity contribution < 1.29 is 4.42 Å². The van der Waals surface area contributed by atoms with E-state index in [0.717, 1.165) is 18.7 Å². The van der Waals surface area contributed by atoms with Crippen LogP contribution in [0.1, 0.15) is 12.0 Å². The summed E-state index contributed by atoms with van der Waals surface area (Å²) in [4.78, 5) is 2.46. The van der Waals surface area contributed by atoms with Crippen molar-refractivity contribution >= 4 is 11.0 Å². The molecule has 0 bridgehead atoms. The van der Waals surface area contributed by atoms with Gasteiger partial charge in [0.25, 0.3) is 0 Å². The maximum atomic E-state index is 5.32. The van der Waals surface area contributed by atoms with E-state index in [1.807, 2.05) is 6.07 Å². The van der Waals surface area contributed by atoms with Crippen LogP contribution in [0.5, 0.6) is 0 Å². The molecule has 0 amide bonds. The second-order valence-corrected chi connectivity index (χ2v) is 4.11. The minimum Gasteiger partial charge on any atom is -0.464 e. The van der Waals surface area contributed by atoms with Gasteiger partial charge in [-0.25, -0.2) is 0 Å². The summed E-state index contributed by atoms with van der Waals surface area (Å²) in [5.74, 6) is 0. The fourth-order valence-corrected chi connectivity index (χ4v) is 2.16. The lowest BCUT2D eigenvalue weighted by atomic mass is 10.1. The van der Waals surface area contributed by atoms with Crippen LogP contribution < -0.4 is 0 Å². The molecule has 1 radical (unpaired) electrons. The molecule has 0 aliphatic carbocycles. The highest BCUT2D eigenvalue weighted by molar-refractivity contribution is 5.77. The summed E-state index contributed by atoms with van der Waals surface area (Å²) in [5.41, 5.74) is 2.35. The molecule has 0 unspecified atom stereocenters. The quantitative estimate of drug-likeness (QED) is 0.741. The molecule has 0 saturated carbocycles. The van der Waals surface area contributed by atoms with Gasteiger partial charge in [-0.1, -0.05) is 6.07 Å². The summed E-state index contributed by atoms with van der Waals surface area (Å²) in [6, 6.07) is 8.46. The standard InChI is InChI=1S/C13H14NO/c1-2-7-14(6-1)10-11-3-4-13-12(9-11)5-8-15-13/h1,3-5,8-9H,2,6-7,10H2. The zero-order valence-electron chi connectivity index (χ0n) is 8.65. The molecule has 1 aliphatic heterocycles. The molecule has 15 heavy (non-hydrogen) atoms. The minimum absolute atomic E-state index is 0.978.